The normalized spacial score (nSPS) is 13.7. The lowest BCUT2D eigenvalue weighted by Gasteiger charge is -2.03. The number of anilines is 1. The molecule has 1 aliphatic heterocycles. The van der Waals surface area contributed by atoms with Gasteiger partial charge in [0.05, 0.1) is 11.1 Å². The molecule has 2 aromatic rings. The van der Waals surface area contributed by atoms with Crippen molar-refractivity contribution in [1.82, 2.24) is 5.16 Å². The number of fused-ring (bicyclic) bond motifs is 3. The van der Waals surface area contributed by atoms with Gasteiger partial charge in [0.1, 0.15) is 11.8 Å². The molecule has 68 valence electrons. The minimum atomic E-state index is 0.835. The van der Waals surface area contributed by atoms with Gasteiger partial charge in [-0.1, -0.05) is 17.3 Å². The molecular formula is C10H7N3O. The topological polar surface area (TPSA) is 50.4 Å². The van der Waals surface area contributed by atoms with Crippen LogP contribution in [0.3, 0.4) is 0 Å². The van der Waals surface area contributed by atoms with E-state index in [0.29, 0.717) is 0 Å². The molecule has 14 heavy (non-hydrogen) atoms. The second-order valence-corrected chi connectivity index (χ2v) is 3.03. The van der Waals surface area contributed by atoms with Crippen molar-refractivity contribution in [3.8, 4) is 0 Å². The largest absolute Gasteiger partial charge is 0.363 e. The van der Waals surface area contributed by atoms with Gasteiger partial charge in [0.25, 0.3) is 0 Å². The summed E-state index contributed by atoms with van der Waals surface area (Å²) in [5.74, 6) is 0. The highest BCUT2D eigenvalue weighted by Gasteiger charge is 2.08. The van der Waals surface area contributed by atoms with Crippen LogP contribution in [0, 0.1) is 0 Å². The van der Waals surface area contributed by atoms with E-state index in [1.54, 1.807) is 12.5 Å². The summed E-state index contributed by atoms with van der Waals surface area (Å²) in [7, 11) is 0. The van der Waals surface area contributed by atoms with Gasteiger partial charge < -0.3 is 4.52 Å². The molecule has 0 saturated heterocycles. The van der Waals surface area contributed by atoms with Crippen molar-refractivity contribution in [2.75, 3.05) is 5.43 Å². The Morgan fingerprint density at radius 2 is 2.29 bits per heavy atom. The van der Waals surface area contributed by atoms with Gasteiger partial charge in [-0.25, -0.2) is 0 Å². The molecule has 0 fully saturated rings. The van der Waals surface area contributed by atoms with E-state index < -0.39 is 0 Å². The molecule has 1 N–H and O–H groups in total. The van der Waals surface area contributed by atoms with Crippen molar-refractivity contribution in [3.05, 3.63) is 30.0 Å². The minimum Gasteiger partial charge on any atom is -0.363 e. The molecule has 0 bridgehead atoms. The van der Waals surface area contributed by atoms with Crippen LogP contribution in [0.4, 0.5) is 5.69 Å². The smallest absolute Gasteiger partial charge is 0.133 e. The van der Waals surface area contributed by atoms with Gasteiger partial charge in [0.2, 0.25) is 0 Å². The van der Waals surface area contributed by atoms with Crippen LogP contribution in [0.5, 0.6) is 0 Å². The van der Waals surface area contributed by atoms with Gasteiger partial charge in [-0.15, -0.1) is 0 Å². The maximum Gasteiger partial charge on any atom is 0.133 e. The van der Waals surface area contributed by atoms with Crippen molar-refractivity contribution in [2.24, 2.45) is 5.10 Å². The number of hydrogen-bond donors (Lipinski definition) is 1. The molecule has 0 saturated carbocycles. The Morgan fingerprint density at radius 1 is 1.29 bits per heavy atom. The summed E-state index contributed by atoms with van der Waals surface area (Å²) in [6, 6.07) is 3.91. The fraction of sp³-hybridized carbons (Fsp3) is 0. The van der Waals surface area contributed by atoms with E-state index in [1.807, 2.05) is 24.3 Å². The summed E-state index contributed by atoms with van der Waals surface area (Å²) < 4.78 is 4.91. The number of hydrazone groups is 1. The molecule has 3 rings (SSSR count). The molecule has 1 aliphatic rings. The lowest BCUT2D eigenvalue weighted by molar-refractivity contribution is 0.428. The van der Waals surface area contributed by atoms with Crippen LogP contribution in [0.25, 0.3) is 17.0 Å². The third-order valence-corrected chi connectivity index (χ3v) is 2.19. The predicted molar refractivity (Wildman–Crippen MR) is 55.2 cm³/mol. The predicted octanol–water partition coefficient (Wildman–Crippen LogP) is 2.25. The van der Waals surface area contributed by atoms with Crippen LogP contribution in [0.2, 0.25) is 0 Å². The number of aromatic nitrogens is 1. The molecule has 1 aromatic carbocycles. The molecule has 4 nitrogen and oxygen atoms in total. The Balaban J connectivity index is 2.38. The Morgan fingerprint density at radius 3 is 3.29 bits per heavy atom. The van der Waals surface area contributed by atoms with Crippen molar-refractivity contribution in [2.45, 2.75) is 0 Å². The fourth-order valence-electron chi connectivity index (χ4n) is 1.52. The second kappa shape index (κ2) is 2.70. The molecule has 0 amide bonds. The highest BCUT2D eigenvalue weighted by Crippen LogP contribution is 2.28. The van der Waals surface area contributed by atoms with Gasteiger partial charge >= 0.3 is 0 Å². The highest BCUT2D eigenvalue weighted by atomic mass is 16.5. The summed E-state index contributed by atoms with van der Waals surface area (Å²) in [6.07, 6.45) is 7.21. The first kappa shape index (κ1) is 7.32. The number of allylic oxidation sites excluding steroid dienone is 1. The van der Waals surface area contributed by atoms with Crippen molar-refractivity contribution in [3.63, 3.8) is 0 Å². The van der Waals surface area contributed by atoms with Crippen LogP contribution in [-0.2, 0) is 0 Å². The van der Waals surface area contributed by atoms with Crippen LogP contribution < -0.4 is 5.43 Å². The molecule has 0 spiro atoms. The number of benzene rings is 1. The van der Waals surface area contributed by atoms with Crippen molar-refractivity contribution < 1.29 is 4.52 Å². The van der Waals surface area contributed by atoms with Gasteiger partial charge in [0, 0.05) is 11.8 Å². The van der Waals surface area contributed by atoms with E-state index in [4.69, 9.17) is 4.52 Å². The maximum atomic E-state index is 4.91. The van der Waals surface area contributed by atoms with E-state index >= 15 is 0 Å². The Hall–Kier alpha value is -2.10. The standard InChI is InChI=1S/C10H7N3O/c1-2-7-3-4-9-8(6-14-13-9)10(7)12-11-5-1/h1-6,12H. The van der Waals surface area contributed by atoms with Crippen LogP contribution in [-0.4, -0.2) is 11.4 Å². The van der Waals surface area contributed by atoms with Crippen molar-refractivity contribution >= 4 is 28.9 Å². The molecule has 0 atom stereocenters. The molecule has 2 heterocycles. The molecule has 0 radical (unpaired) electrons. The monoisotopic (exact) mass is 185 g/mol. The summed E-state index contributed by atoms with van der Waals surface area (Å²) in [5.41, 5.74) is 5.82. The first-order valence-electron chi connectivity index (χ1n) is 4.28. The molecule has 4 heteroatoms. The van der Waals surface area contributed by atoms with Gasteiger partial charge in [-0.2, -0.15) is 5.10 Å². The molecule has 1 aromatic heterocycles. The Labute approximate surface area is 79.9 Å². The molecule has 0 aliphatic carbocycles. The Bertz CT molecular complexity index is 539. The van der Waals surface area contributed by atoms with E-state index in [-0.39, 0.29) is 0 Å². The maximum absolute atomic E-state index is 4.91. The van der Waals surface area contributed by atoms with Crippen LogP contribution in [0.1, 0.15) is 5.56 Å². The Kier molecular flexibility index (Phi) is 1.41. The average Bonchev–Trinajstić information content (AvgIpc) is 2.55. The zero-order valence-corrected chi connectivity index (χ0v) is 7.27. The number of rotatable bonds is 0. The highest BCUT2D eigenvalue weighted by molar-refractivity contribution is 5.97. The third-order valence-electron chi connectivity index (χ3n) is 2.19. The lowest BCUT2D eigenvalue weighted by atomic mass is 10.1. The van der Waals surface area contributed by atoms with E-state index in [9.17, 15) is 0 Å². The number of hydrogen-bond acceptors (Lipinski definition) is 4. The first-order chi connectivity index (χ1) is 6.95. The summed E-state index contributed by atoms with van der Waals surface area (Å²) in [5, 5.41) is 8.83. The average molecular weight is 185 g/mol. The first-order valence-corrected chi connectivity index (χ1v) is 4.28. The SMILES string of the molecule is C1=Cc2ccc3nocc3c2NN=C1. The van der Waals surface area contributed by atoms with Crippen LogP contribution >= 0.6 is 0 Å². The van der Waals surface area contributed by atoms with Crippen LogP contribution in [0.15, 0.2) is 34.1 Å². The van der Waals surface area contributed by atoms with Gasteiger partial charge in [-0.05, 0) is 12.1 Å². The van der Waals surface area contributed by atoms with E-state index in [2.05, 4.69) is 15.7 Å². The van der Waals surface area contributed by atoms with Gasteiger partial charge in [0.15, 0.2) is 0 Å². The molecule has 0 unspecified atom stereocenters. The fourth-order valence-corrected chi connectivity index (χ4v) is 1.52. The zero-order valence-electron chi connectivity index (χ0n) is 7.27. The van der Waals surface area contributed by atoms with Gasteiger partial charge in [-0.3, -0.25) is 5.43 Å². The second-order valence-electron chi connectivity index (χ2n) is 3.03. The van der Waals surface area contributed by atoms with Crippen molar-refractivity contribution in [1.29, 1.82) is 0 Å². The summed E-state index contributed by atoms with van der Waals surface area (Å²) >= 11 is 0. The zero-order chi connectivity index (χ0) is 9.38. The minimum absolute atomic E-state index is 0.835. The molecular weight excluding hydrogens is 178 g/mol. The van der Waals surface area contributed by atoms with E-state index in [1.165, 1.54) is 0 Å². The third kappa shape index (κ3) is 0.939. The lowest BCUT2D eigenvalue weighted by Crippen LogP contribution is -1.90. The summed E-state index contributed by atoms with van der Waals surface area (Å²) in [4.78, 5) is 0. The number of nitrogens with one attached hydrogen (secondary N) is 1. The quantitative estimate of drug-likeness (QED) is 0.684. The van der Waals surface area contributed by atoms with E-state index in [0.717, 1.165) is 22.2 Å². The summed E-state index contributed by atoms with van der Waals surface area (Å²) in [6.45, 7) is 0. The number of nitrogens with zero attached hydrogens (tertiary/aromatic N) is 2.